The summed E-state index contributed by atoms with van der Waals surface area (Å²) in [6, 6.07) is 54.9. The van der Waals surface area contributed by atoms with Crippen LogP contribution in [0.25, 0.3) is 77.7 Å². The Balaban J connectivity index is 1.19. The van der Waals surface area contributed by atoms with Gasteiger partial charge in [0.15, 0.2) is 11.6 Å². The van der Waals surface area contributed by atoms with Gasteiger partial charge in [0.25, 0.3) is 0 Å². The molecule has 0 radical (unpaired) electrons. The predicted molar refractivity (Wildman–Crippen MR) is 187 cm³/mol. The molecular formula is C41H26ClN3. The van der Waals surface area contributed by atoms with Gasteiger partial charge in [-0.1, -0.05) is 146 Å². The van der Waals surface area contributed by atoms with Crippen molar-refractivity contribution in [3.63, 3.8) is 0 Å². The zero-order chi connectivity index (χ0) is 30.2. The number of fused-ring (bicyclic) bond motifs is 2. The van der Waals surface area contributed by atoms with Gasteiger partial charge in [0.1, 0.15) is 0 Å². The molecule has 212 valence electrons. The van der Waals surface area contributed by atoms with Crippen molar-refractivity contribution in [1.29, 1.82) is 0 Å². The molecule has 0 aliphatic rings. The number of benzene rings is 7. The Morgan fingerprint density at radius 1 is 0.333 bits per heavy atom. The van der Waals surface area contributed by atoms with E-state index >= 15 is 0 Å². The molecule has 0 saturated carbocycles. The van der Waals surface area contributed by atoms with Crippen LogP contribution in [0.5, 0.6) is 0 Å². The minimum atomic E-state index is 0.161. The number of aromatic nitrogens is 3. The van der Waals surface area contributed by atoms with E-state index in [1.165, 1.54) is 32.7 Å². The highest BCUT2D eigenvalue weighted by atomic mass is 35.5. The molecule has 0 fully saturated rings. The molecule has 7 aromatic carbocycles. The number of hydrogen-bond acceptors (Lipinski definition) is 3. The van der Waals surface area contributed by atoms with Crippen molar-refractivity contribution in [2.75, 3.05) is 0 Å². The number of hydrogen-bond donors (Lipinski definition) is 0. The van der Waals surface area contributed by atoms with Crippen LogP contribution in [0.2, 0.25) is 5.28 Å². The molecule has 0 N–H and O–H groups in total. The van der Waals surface area contributed by atoms with Crippen molar-refractivity contribution < 1.29 is 0 Å². The molecule has 0 spiro atoms. The molecule has 0 aliphatic carbocycles. The van der Waals surface area contributed by atoms with E-state index < -0.39 is 0 Å². The lowest BCUT2D eigenvalue weighted by atomic mass is 9.91. The van der Waals surface area contributed by atoms with Crippen LogP contribution in [0.4, 0.5) is 0 Å². The maximum absolute atomic E-state index is 6.53. The van der Waals surface area contributed by atoms with Crippen LogP contribution < -0.4 is 0 Å². The average Bonchev–Trinajstić information content (AvgIpc) is 3.11. The fraction of sp³-hybridized carbons (Fsp3) is 0. The first-order valence-corrected chi connectivity index (χ1v) is 15.3. The maximum Gasteiger partial charge on any atom is 0.226 e. The van der Waals surface area contributed by atoms with Crippen molar-refractivity contribution in [1.82, 2.24) is 15.0 Å². The van der Waals surface area contributed by atoms with Gasteiger partial charge in [-0.2, -0.15) is 9.97 Å². The predicted octanol–water partition coefficient (Wildman–Crippen LogP) is 11.2. The quantitative estimate of drug-likeness (QED) is 0.199. The lowest BCUT2D eigenvalue weighted by molar-refractivity contribution is 1.07. The van der Waals surface area contributed by atoms with Crippen LogP contribution in [-0.4, -0.2) is 15.0 Å². The van der Waals surface area contributed by atoms with E-state index in [0.29, 0.717) is 11.6 Å². The molecule has 1 heterocycles. The van der Waals surface area contributed by atoms with Gasteiger partial charge in [-0.05, 0) is 78.7 Å². The largest absolute Gasteiger partial charge is 0.226 e. The zero-order valence-corrected chi connectivity index (χ0v) is 25.0. The Morgan fingerprint density at radius 3 is 1.42 bits per heavy atom. The highest BCUT2D eigenvalue weighted by molar-refractivity contribution is 6.28. The smallest absolute Gasteiger partial charge is 0.208 e. The Labute approximate surface area is 266 Å². The van der Waals surface area contributed by atoms with Crippen molar-refractivity contribution in [3.8, 4) is 56.2 Å². The van der Waals surface area contributed by atoms with Crippen LogP contribution in [0.3, 0.4) is 0 Å². The van der Waals surface area contributed by atoms with E-state index in [1.54, 1.807) is 0 Å². The summed E-state index contributed by atoms with van der Waals surface area (Å²) in [7, 11) is 0. The molecule has 0 saturated heterocycles. The van der Waals surface area contributed by atoms with Gasteiger partial charge in [-0.3, -0.25) is 0 Å². The lowest BCUT2D eigenvalue weighted by Crippen LogP contribution is -1.97. The summed E-state index contributed by atoms with van der Waals surface area (Å²) in [4.78, 5) is 14.0. The van der Waals surface area contributed by atoms with Gasteiger partial charge in [0.2, 0.25) is 5.28 Å². The average molecular weight is 596 g/mol. The van der Waals surface area contributed by atoms with Crippen molar-refractivity contribution in [3.05, 3.63) is 163 Å². The van der Waals surface area contributed by atoms with Gasteiger partial charge in [-0.25, -0.2) is 4.98 Å². The molecular weight excluding hydrogens is 570 g/mol. The summed E-state index contributed by atoms with van der Waals surface area (Å²) in [5.74, 6) is 1.07. The first-order valence-electron chi connectivity index (χ1n) is 14.9. The molecule has 0 unspecified atom stereocenters. The number of rotatable bonds is 5. The standard InChI is InChI=1S/C41H26ClN3/c42-41-44-39(31-17-8-15-29(25-31)34-22-10-14-28-13-4-5-19-33(28)34)43-40(45-41)32-18-9-16-30(26-32)36-24-23-35(27-11-2-1-3-12-27)37-20-6-7-21-38(36)37/h1-26H. The van der Waals surface area contributed by atoms with Crippen LogP contribution in [-0.2, 0) is 0 Å². The second kappa shape index (κ2) is 11.5. The van der Waals surface area contributed by atoms with E-state index in [0.717, 1.165) is 33.4 Å². The maximum atomic E-state index is 6.53. The minimum Gasteiger partial charge on any atom is -0.208 e. The fourth-order valence-corrected chi connectivity index (χ4v) is 6.32. The van der Waals surface area contributed by atoms with E-state index in [9.17, 15) is 0 Å². The third kappa shape index (κ3) is 5.14. The van der Waals surface area contributed by atoms with Crippen LogP contribution in [0.15, 0.2) is 158 Å². The van der Waals surface area contributed by atoms with E-state index in [4.69, 9.17) is 16.6 Å². The van der Waals surface area contributed by atoms with Crippen molar-refractivity contribution in [2.45, 2.75) is 0 Å². The summed E-state index contributed by atoms with van der Waals surface area (Å²) in [6.45, 7) is 0. The van der Waals surface area contributed by atoms with Gasteiger partial charge >= 0.3 is 0 Å². The molecule has 8 aromatic rings. The van der Waals surface area contributed by atoms with E-state index in [1.807, 2.05) is 30.3 Å². The summed E-state index contributed by atoms with van der Waals surface area (Å²) >= 11 is 6.53. The highest BCUT2D eigenvalue weighted by Crippen LogP contribution is 2.37. The summed E-state index contributed by atoms with van der Waals surface area (Å²) in [6.07, 6.45) is 0. The van der Waals surface area contributed by atoms with Crippen LogP contribution in [0, 0.1) is 0 Å². The van der Waals surface area contributed by atoms with Crippen molar-refractivity contribution in [2.24, 2.45) is 0 Å². The second-order valence-corrected chi connectivity index (χ2v) is 11.4. The topological polar surface area (TPSA) is 38.7 Å². The zero-order valence-electron chi connectivity index (χ0n) is 24.2. The SMILES string of the molecule is Clc1nc(-c2cccc(-c3cccc4ccccc34)c2)nc(-c2cccc(-c3ccc(-c4ccccc4)c4ccccc34)c2)n1. The Morgan fingerprint density at radius 2 is 0.778 bits per heavy atom. The lowest BCUT2D eigenvalue weighted by Gasteiger charge is -2.13. The summed E-state index contributed by atoms with van der Waals surface area (Å²) < 4.78 is 0. The molecule has 0 aliphatic heterocycles. The Hall–Kier alpha value is -5.64. The first kappa shape index (κ1) is 26.9. The van der Waals surface area contributed by atoms with Gasteiger partial charge in [0.05, 0.1) is 0 Å². The third-order valence-electron chi connectivity index (χ3n) is 8.27. The Kier molecular flexibility index (Phi) is 6.86. The van der Waals surface area contributed by atoms with Crippen LogP contribution in [0.1, 0.15) is 0 Å². The fourth-order valence-electron chi connectivity index (χ4n) is 6.16. The third-order valence-corrected chi connectivity index (χ3v) is 8.44. The normalized spacial score (nSPS) is 11.2. The number of nitrogens with zero attached hydrogens (tertiary/aromatic N) is 3. The Bertz CT molecular complexity index is 2340. The molecule has 1 aromatic heterocycles. The van der Waals surface area contributed by atoms with Gasteiger partial charge in [-0.15, -0.1) is 0 Å². The summed E-state index contributed by atoms with van der Waals surface area (Å²) in [5, 5.41) is 4.97. The van der Waals surface area contributed by atoms with Gasteiger partial charge < -0.3 is 0 Å². The van der Waals surface area contributed by atoms with Gasteiger partial charge in [0, 0.05) is 11.1 Å². The molecule has 45 heavy (non-hydrogen) atoms. The monoisotopic (exact) mass is 595 g/mol. The second-order valence-electron chi connectivity index (χ2n) is 11.0. The molecule has 3 nitrogen and oxygen atoms in total. The van der Waals surface area contributed by atoms with E-state index in [-0.39, 0.29) is 5.28 Å². The van der Waals surface area contributed by atoms with Crippen LogP contribution >= 0.6 is 11.6 Å². The molecule has 0 atom stereocenters. The molecule has 0 amide bonds. The van der Waals surface area contributed by atoms with E-state index in [2.05, 4.69) is 137 Å². The molecule has 4 heteroatoms. The minimum absolute atomic E-state index is 0.161. The molecule has 0 bridgehead atoms. The number of halogens is 1. The van der Waals surface area contributed by atoms with Crippen molar-refractivity contribution >= 4 is 33.1 Å². The summed E-state index contributed by atoms with van der Waals surface area (Å²) in [5.41, 5.74) is 8.65. The highest BCUT2D eigenvalue weighted by Gasteiger charge is 2.14. The first-order chi connectivity index (χ1) is 22.2. The molecule has 8 rings (SSSR count).